The highest BCUT2D eigenvalue weighted by molar-refractivity contribution is 5.85. The van der Waals surface area contributed by atoms with Crippen LogP contribution in [-0.2, 0) is 14.3 Å². The standard InChI is InChI=1S/C15H27N3O3/c1-4-10(2)14(15(20)21-3)17-13(19)9-18-7-11-5-16-6-12(11)8-18/h10-12,14,16H,4-9H2,1-3H3,(H,17,19)/t10?,11-,12+,14?. The first kappa shape index (κ1) is 16.2. The highest BCUT2D eigenvalue weighted by Gasteiger charge is 2.37. The number of carbonyl (C=O) groups excluding carboxylic acids is 2. The lowest BCUT2D eigenvalue weighted by Gasteiger charge is -2.23. The third-order valence-corrected chi connectivity index (χ3v) is 4.82. The maximum atomic E-state index is 12.2. The molecule has 0 radical (unpaired) electrons. The molecule has 2 unspecified atom stereocenters. The van der Waals surface area contributed by atoms with Gasteiger partial charge in [-0.25, -0.2) is 4.79 Å². The number of likely N-dealkylation sites (tertiary alicyclic amines) is 1. The maximum absolute atomic E-state index is 12.2. The molecule has 21 heavy (non-hydrogen) atoms. The molecule has 1 amide bonds. The Bertz CT molecular complexity index is 376. The predicted octanol–water partition coefficient (Wildman–Crippen LogP) is -0.158. The number of carbonyl (C=O) groups is 2. The Morgan fingerprint density at radius 2 is 1.95 bits per heavy atom. The highest BCUT2D eigenvalue weighted by atomic mass is 16.5. The van der Waals surface area contributed by atoms with Crippen LogP contribution in [0.1, 0.15) is 20.3 Å². The first-order valence-electron chi connectivity index (χ1n) is 7.85. The first-order valence-corrected chi connectivity index (χ1v) is 7.85. The minimum atomic E-state index is -0.545. The van der Waals surface area contributed by atoms with Crippen LogP contribution in [0.3, 0.4) is 0 Å². The Balaban J connectivity index is 1.83. The molecule has 4 atom stereocenters. The van der Waals surface area contributed by atoms with E-state index in [1.807, 2.05) is 13.8 Å². The van der Waals surface area contributed by atoms with E-state index in [9.17, 15) is 9.59 Å². The molecule has 2 aliphatic rings. The van der Waals surface area contributed by atoms with E-state index in [4.69, 9.17) is 4.74 Å². The lowest BCUT2D eigenvalue weighted by Crippen LogP contribution is -2.49. The lowest BCUT2D eigenvalue weighted by atomic mass is 9.99. The molecule has 0 spiro atoms. The molecule has 6 heteroatoms. The molecule has 0 aromatic heterocycles. The Morgan fingerprint density at radius 3 is 2.48 bits per heavy atom. The Hall–Kier alpha value is -1.14. The number of hydrogen-bond acceptors (Lipinski definition) is 5. The normalized spacial score (nSPS) is 28.0. The zero-order valence-corrected chi connectivity index (χ0v) is 13.2. The van der Waals surface area contributed by atoms with Gasteiger partial charge in [0.25, 0.3) is 0 Å². The summed E-state index contributed by atoms with van der Waals surface area (Å²) in [4.78, 5) is 26.2. The fourth-order valence-corrected chi connectivity index (χ4v) is 3.30. The van der Waals surface area contributed by atoms with Crippen LogP contribution in [-0.4, -0.2) is 62.7 Å². The van der Waals surface area contributed by atoms with Crippen molar-refractivity contribution in [1.82, 2.24) is 15.5 Å². The second kappa shape index (κ2) is 7.22. The molecular formula is C15H27N3O3. The summed E-state index contributed by atoms with van der Waals surface area (Å²) in [6.45, 7) is 8.38. The van der Waals surface area contributed by atoms with Crippen LogP contribution in [0.4, 0.5) is 0 Å². The van der Waals surface area contributed by atoms with E-state index < -0.39 is 6.04 Å². The molecule has 0 saturated carbocycles. The van der Waals surface area contributed by atoms with Gasteiger partial charge in [0, 0.05) is 13.1 Å². The van der Waals surface area contributed by atoms with Crippen LogP contribution >= 0.6 is 0 Å². The summed E-state index contributed by atoms with van der Waals surface area (Å²) in [7, 11) is 1.36. The lowest BCUT2D eigenvalue weighted by molar-refractivity contribution is -0.146. The molecule has 2 fully saturated rings. The molecule has 0 aromatic carbocycles. The Kier molecular flexibility index (Phi) is 5.58. The zero-order chi connectivity index (χ0) is 15.4. The van der Waals surface area contributed by atoms with Gasteiger partial charge in [-0.3, -0.25) is 9.69 Å². The summed E-state index contributed by atoms with van der Waals surface area (Å²) in [5.41, 5.74) is 0. The van der Waals surface area contributed by atoms with E-state index in [-0.39, 0.29) is 17.8 Å². The number of ether oxygens (including phenoxy) is 1. The van der Waals surface area contributed by atoms with Gasteiger partial charge >= 0.3 is 5.97 Å². The van der Waals surface area contributed by atoms with Gasteiger partial charge in [-0.05, 0) is 30.8 Å². The van der Waals surface area contributed by atoms with Gasteiger partial charge in [0.05, 0.1) is 13.7 Å². The number of nitrogens with zero attached hydrogens (tertiary/aromatic N) is 1. The van der Waals surface area contributed by atoms with Gasteiger partial charge in [0.15, 0.2) is 0 Å². The van der Waals surface area contributed by atoms with E-state index in [0.717, 1.165) is 32.6 Å². The van der Waals surface area contributed by atoms with E-state index in [2.05, 4.69) is 15.5 Å². The molecule has 6 nitrogen and oxygen atoms in total. The second-order valence-corrected chi connectivity index (χ2v) is 6.33. The van der Waals surface area contributed by atoms with Crippen molar-refractivity contribution in [2.75, 3.05) is 39.8 Å². The van der Waals surface area contributed by atoms with Crippen molar-refractivity contribution in [3.05, 3.63) is 0 Å². The number of hydrogen-bond donors (Lipinski definition) is 2. The molecule has 2 N–H and O–H groups in total. The van der Waals surface area contributed by atoms with Gasteiger partial charge in [-0.15, -0.1) is 0 Å². The van der Waals surface area contributed by atoms with Gasteiger partial charge in [-0.1, -0.05) is 20.3 Å². The monoisotopic (exact) mass is 297 g/mol. The average molecular weight is 297 g/mol. The number of amides is 1. The molecule has 0 aromatic rings. The quantitative estimate of drug-likeness (QED) is 0.667. The number of methoxy groups -OCH3 is 1. The smallest absolute Gasteiger partial charge is 0.328 e. The average Bonchev–Trinajstić information content (AvgIpc) is 3.04. The van der Waals surface area contributed by atoms with Crippen LogP contribution in [0.15, 0.2) is 0 Å². The molecule has 2 heterocycles. The summed E-state index contributed by atoms with van der Waals surface area (Å²) < 4.78 is 4.79. The third kappa shape index (κ3) is 3.95. The molecule has 120 valence electrons. The summed E-state index contributed by atoms with van der Waals surface area (Å²) >= 11 is 0. The number of fused-ring (bicyclic) bond motifs is 1. The fraction of sp³-hybridized carbons (Fsp3) is 0.867. The van der Waals surface area contributed by atoms with E-state index in [0.29, 0.717) is 18.4 Å². The van der Waals surface area contributed by atoms with E-state index >= 15 is 0 Å². The first-order chi connectivity index (χ1) is 10.0. The summed E-state index contributed by atoms with van der Waals surface area (Å²) in [6, 6.07) is -0.545. The molecule has 0 bridgehead atoms. The number of nitrogens with one attached hydrogen (secondary N) is 2. The molecular weight excluding hydrogens is 270 g/mol. The van der Waals surface area contributed by atoms with Crippen LogP contribution in [0, 0.1) is 17.8 Å². The van der Waals surface area contributed by atoms with Crippen molar-refractivity contribution < 1.29 is 14.3 Å². The van der Waals surface area contributed by atoms with Gasteiger partial charge < -0.3 is 15.4 Å². The van der Waals surface area contributed by atoms with Crippen LogP contribution in [0.2, 0.25) is 0 Å². The van der Waals surface area contributed by atoms with E-state index in [1.54, 1.807) is 0 Å². The van der Waals surface area contributed by atoms with Crippen molar-refractivity contribution >= 4 is 11.9 Å². The van der Waals surface area contributed by atoms with E-state index in [1.165, 1.54) is 7.11 Å². The maximum Gasteiger partial charge on any atom is 0.328 e. The Labute approximate surface area is 126 Å². The van der Waals surface area contributed by atoms with Gasteiger partial charge in [0.2, 0.25) is 5.91 Å². The summed E-state index contributed by atoms with van der Waals surface area (Å²) in [6.07, 6.45) is 0.819. The SMILES string of the molecule is CCC(C)C(NC(=O)CN1C[C@H]2CNC[C@H]2C1)C(=O)OC. The van der Waals surface area contributed by atoms with Crippen molar-refractivity contribution in [3.63, 3.8) is 0 Å². The summed E-state index contributed by atoms with van der Waals surface area (Å²) in [5, 5.41) is 6.23. The van der Waals surface area contributed by atoms with Crippen molar-refractivity contribution in [2.24, 2.45) is 17.8 Å². The molecule has 2 saturated heterocycles. The summed E-state index contributed by atoms with van der Waals surface area (Å²) in [5.74, 6) is 0.968. The zero-order valence-electron chi connectivity index (χ0n) is 13.2. The Morgan fingerprint density at radius 1 is 1.33 bits per heavy atom. The largest absolute Gasteiger partial charge is 0.467 e. The minimum Gasteiger partial charge on any atom is -0.467 e. The number of rotatable bonds is 6. The predicted molar refractivity (Wildman–Crippen MR) is 79.7 cm³/mol. The van der Waals surface area contributed by atoms with Crippen LogP contribution in [0.25, 0.3) is 0 Å². The topological polar surface area (TPSA) is 70.7 Å². The second-order valence-electron chi connectivity index (χ2n) is 6.33. The van der Waals surface area contributed by atoms with Crippen molar-refractivity contribution in [2.45, 2.75) is 26.3 Å². The van der Waals surface area contributed by atoms with Gasteiger partial charge in [0.1, 0.15) is 6.04 Å². The number of esters is 1. The minimum absolute atomic E-state index is 0.0727. The van der Waals surface area contributed by atoms with Crippen molar-refractivity contribution in [3.8, 4) is 0 Å². The molecule has 0 aliphatic carbocycles. The molecule has 2 rings (SSSR count). The fourth-order valence-electron chi connectivity index (χ4n) is 3.30. The van der Waals surface area contributed by atoms with Gasteiger partial charge in [-0.2, -0.15) is 0 Å². The third-order valence-electron chi connectivity index (χ3n) is 4.82. The van der Waals surface area contributed by atoms with Crippen LogP contribution < -0.4 is 10.6 Å². The van der Waals surface area contributed by atoms with Crippen molar-refractivity contribution in [1.29, 1.82) is 0 Å². The molecule has 2 aliphatic heterocycles. The highest BCUT2D eigenvalue weighted by Crippen LogP contribution is 2.25. The van der Waals surface area contributed by atoms with Crippen LogP contribution in [0.5, 0.6) is 0 Å².